The maximum absolute atomic E-state index is 5.44. The maximum atomic E-state index is 5.44. The van der Waals surface area contributed by atoms with Crippen molar-refractivity contribution in [2.75, 3.05) is 24.6 Å². The quantitative estimate of drug-likeness (QED) is 0.636. The molecule has 13 heavy (non-hydrogen) atoms. The fraction of sp³-hybridized carbons (Fsp3) is 0.556. The molecule has 1 aromatic rings. The van der Waals surface area contributed by atoms with Gasteiger partial charge in [0.2, 0.25) is 0 Å². The number of nitrogens with zero attached hydrogens (tertiary/aromatic N) is 3. The average molecular weight is 179 g/mol. The van der Waals surface area contributed by atoms with Crippen LogP contribution in [0.1, 0.15) is 6.92 Å². The van der Waals surface area contributed by atoms with Crippen molar-refractivity contribution in [3.05, 3.63) is 18.6 Å². The molecule has 1 saturated heterocycles. The smallest absolute Gasteiger partial charge is 0.147 e. The molecule has 1 aliphatic heterocycles. The van der Waals surface area contributed by atoms with Crippen molar-refractivity contribution >= 4 is 5.82 Å². The predicted octanol–water partition coefficient (Wildman–Crippen LogP) is 0.702. The van der Waals surface area contributed by atoms with Crippen molar-refractivity contribution in [3.8, 4) is 0 Å². The number of ether oxygens (including phenoxy) is 1. The monoisotopic (exact) mass is 179 g/mol. The molecule has 1 atom stereocenters. The Morgan fingerprint density at radius 3 is 3.15 bits per heavy atom. The van der Waals surface area contributed by atoms with E-state index in [1.165, 1.54) is 0 Å². The fourth-order valence-electron chi connectivity index (χ4n) is 1.48. The lowest BCUT2D eigenvalue weighted by molar-refractivity contribution is 0.0529. The van der Waals surface area contributed by atoms with E-state index in [2.05, 4.69) is 21.8 Å². The Balaban J connectivity index is 2.08. The van der Waals surface area contributed by atoms with Crippen LogP contribution in [0.3, 0.4) is 0 Å². The molecule has 2 rings (SSSR count). The molecule has 0 spiro atoms. The summed E-state index contributed by atoms with van der Waals surface area (Å²) in [6.45, 7) is 4.65. The lowest BCUT2D eigenvalue weighted by Crippen LogP contribution is -2.41. The van der Waals surface area contributed by atoms with Crippen molar-refractivity contribution in [2.24, 2.45) is 0 Å². The van der Waals surface area contributed by atoms with Crippen molar-refractivity contribution in [3.63, 3.8) is 0 Å². The number of morpholine rings is 1. The summed E-state index contributed by atoms with van der Waals surface area (Å²) in [4.78, 5) is 10.5. The Labute approximate surface area is 77.6 Å². The summed E-state index contributed by atoms with van der Waals surface area (Å²) in [7, 11) is 0. The lowest BCUT2D eigenvalue weighted by atomic mass is 10.3. The second-order valence-electron chi connectivity index (χ2n) is 3.19. The van der Waals surface area contributed by atoms with Crippen molar-refractivity contribution in [1.29, 1.82) is 0 Å². The minimum Gasteiger partial charge on any atom is -0.375 e. The van der Waals surface area contributed by atoms with Crippen molar-refractivity contribution < 1.29 is 4.74 Å². The summed E-state index contributed by atoms with van der Waals surface area (Å²) in [6.07, 6.45) is 5.48. The van der Waals surface area contributed by atoms with Crippen LogP contribution in [0, 0.1) is 0 Å². The second kappa shape index (κ2) is 3.70. The van der Waals surface area contributed by atoms with Gasteiger partial charge in [-0.2, -0.15) is 0 Å². The highest BCUT2D eigenvalue weighted by Gasteiger charge is 2.17. The third-order valence-electron chi connectivity index (χ3n) is 2.11. The van der Waals surface area contributed by atoms with Gasteiger partial charge in [-0.15, -0.1) is 0 Å². The second-order valence-corrected chi connectivity index (χ2v) is 3.19. The normalized spacial score (nSPS) is 23.2. The SMILES string of the molecule is CC1CN(c2cnccn2)CCO1. The molecular weight excluding hydrogens is 166 g/mol. The van der Waals surface area contributed by atoms with E-state index >= 15 is 0 Å². The van der Waals surface area contributed by atoms with Crippen LogP contribution in [0.15, 0.2) is 18.6 Å². The van der Waals surface area contributed by atoms with Gasteiger partial charge in [0.1, 0.15) is 5.82 Å². The highest BCUT2D eigenvalue weighted by atomic mass is 16.5. The molecule has 1 fully saturated rings. The Hall–Kier alpha value is -1.16. The summed E-state index contributed by atoms with van der Waals surface area (Å²) < 4.78 is 5.44. The summed E-state index contributed by atoms with van der Waals surface area (Å²) in [5.74, 6) is 0.942. The van der Waals surface area contributed by atoms with E-state index in [-0.39, 0.29) is 6.10 Å². The van der Waals surface area contributed by atoms with Crippen LogP contribution in [0.5, 0.6) is 0 Å². The Kier molecular flexibility index (Phi) is 2.40. The molecule has 0 amide bonds. The van der Waals surface area contributed by atoms with E-state index in [9.17, 15) is 0 Å². The van der Waals surface area contributed by atoms with Gasteiger partial charge in [0.15, 0.2) is 0 Å². The first-order valence-corrected chi connectivity index (χ1v) is 4.49. The fourth-order valence-corrected chi connectivity index (χ4v) is 1.48. The first-order valence-electron chi connectivity index (χ1n) is 4.49. The standard InChI is InChI=1S/C9H13N3O/c1-8-7-12(4-5-13-8)9-6-10-2-3-11-9/h2-3,6,8H,4-5,7H2,1H3. The first kappa shape index (κ1) is 8.44. The van der Waals surface area contributed by atoms with E-state index in [1.807, 2.05) is 0 Å². The highest BCUT2D eigenvalue weighted by Crippen LogP contribution is 2.12. The number of hydrogen-bond donors (Lipinski definition) is 0. The van der Waals surface area contributed by atoms with E-state index in [4.69, 9.17) is 4.74 Å². The van der Waals surface area contributed by atoms with Gasteiger partial charge in [0, 0.05) is 25.5 Å². The number of aromatic nitrogens is 2. The van der Waals surface area contributed by atoms with Gasteiger partial charge in [0.25, 0.3) is 0 Å². The van der Waals surface area contributed by atoms with Crippen LogP contribution in [0.4, 0.5) is 5.82 Å². The molecule has 1 unspecified atom stereocenters. The van der Waals surface area contributed by atoms with Crippen LogP contribution >= 0.6 is 0 Å². The zero-order valence-corrected chi connectivity index (χ0v) is 7.68. The van der Waals surface area contributed by atoms with Gasteiger partial charge < -0.3 is 9.64 Å². The summed E-state index contributed by atoms with van der Waals surface area (Å²) >= 11 is 0. The molecule has 0 radical (unpaired) electrons. The van der Waals surface area contributed by atoms with E-state index in [0.717, 1.165) is 25.5 Å². The number of rotatable bonds is 1. The number of hydrogen-bond acceptors (Lipinski definition) is 4. The molecule has 1 aliphatic rings. The topological polar surface area (TPSA) is 38.2 Å². The first-order chi connectivity index (χ1) is 6.36. The largest absolute Gasteiger partial charge is 0.375 e. The Morgan fingerprint density at radius 1 is 1.54 bits per heavy atom. The Morgan fingerprint density at radius 2 is 2.46 bits per heavy atom. The summed E-state index contributed by atoms with van der Waals surface area (Å²) in [6, 6.07) is 0. The minimum absolute atomic E-state index is 0.288. The van der Waals surface area contributed by atoms with Gasteiger partial charge in [-0.3, -0.25) is 4.98 Å². The summed E-state index contributed by atoms with van der Waals surface area (Å²) in [5, 5.41) is 0. The molecule has 0 bridgehead atoms. The van der Waals surface area contributed by atoms with Crippen LogP contribution in [-0.2, 0) is 4.74 Å². The molecule has 70 valence electrons. The third-order valence-corrected chi connectivity index (χ3v) is 2.11. The van der Waals surface area contributed by atoms with Crippen LogP contribution in [0.25, 0.3) is 0 Å². The van der Waals surface area contributed by atoms with Gasteiger partial charge in [-0.1, -0.05) is 0 Å². The summed E-state index contributed by atoms with van der Waals surface area (Å²) in [5.41, 5.74) is 0. The zero-order valence-electron chi connectivity index (χ0n) is 7.68. The highest BCUT2D eigenvalue weighted by molar-refractivity contribution is 5.35. The molecule has 4 nitrogen and oxygen atoms in total. The molecule has 1 aromatic heterocycles. The van der Waals surface area contributed by atoms with E-state index in [1.54, 1.807) is 18.6 Å². The van der Waals surface area contributed by atoms with Gasteiger partial charge in [0.05, 0.1) is 18.9 Å². The third kappa shape index (κ3) is 1.95. The van der Waals surface area contributed by atoms with Crippen LogP contribution in [-0.4, -0.2) is 35.8 Å². The van der Waals surface area contributed by atoms with E-state index in [0.29, 0.717) is 0 Å². The van der Waals surface area contributed by atoms with Gasteiger partial charge in [-0.05, 0) is 6.92 Å². The molecule has 0 N–H and O–H groups in total. The van der Waals surface area contributed by atoms with Crippen LogP contribution in [0.2, 0.25) is 0 Å². The van der Waals surface area contributed by atoms with Crippen LogP contribution < -0.4 is 4.90 Å². The predicted molar refractivity (Wildman–Crippen MR) is 49.7 cm³/mol. The zero-order chi connectivity index (χ0) is 9.10. The number of anilines is 1. The van der Waals surface area contributed by atoms with Crippen molar-refractivity contribution in [2.45, 2.75) is 13.0 Å². The maximum Gasteiger partial charge on any atom is 0.147 e. The van der Waals surface area contributed by atoms with E-state index < -0.39 is 0 Å². The average Bonchev–Trinajstić information content (AvgIpc) is 2.19. The lowest BCUT2D eigenvalue weighted by Gasteiger charge is -2.31. The Bertz CT molecular complexity index is 265. The van der Waals surface area contributed by atoms with Crippen molar-refractivity contribution in [1.82, 2.24) is 9.97 Å². The molecule has 2 heterocycles. The molecule has 4 heteroatoms. The molecule has 0 aliphatic carbocycles. The molecule has 0 aromatic carbocycles. The molecule has 0 saturated carbocycles. The molecular formula is C9H13N3O. The van der Waals surface area contributed by atoms with Gasteiger partial charge >= 0.3 is 0 Å². The minimum atomic E-state index is 0.288. The van der Waals surface area contributed by atoms with Gasteiger partial charge in [-0.25, -0.2) is 4.98 Å².